The van der Waals surface area contributed by atoms with Crippen LogP contribution < -0.4 is 15.5 Å². The molecule has 0 atom stereocenters. The van der Waals surface area contributed by atoms with Crippen molar-refractivity contribution in [2.75, 3.05) is 23.3 Å². The third-order valence-corrected chi connectivity index (χ3v) is 6.67. The average molecular weight is 460 g/mol. The molecule has 6 rings (SSSR count). The fourth-order valence-electron chi connectivity index (χ4n) is 4.84. The van der Waals surface area contributed by atoms with Crippen molar-refractivity contribution < 1.29 is 9.18 Å². The van der Waals surface area contributed by atoms with Crippen LogP contribution in [0.4, 0.5) is 15.8 Å². The summed E-state index contributed by atoms with van der Waals surface area (Å²) in [6.45, 7) is 3.71. The highest BCUT2D eigenvalue weighted by molar-refractivity contribution is 6.13. The Morgan fingerprint density at radius 2 is 1.88 bits per heavy atom. The smallest absolute Gasteiger partial charge is 0.257 e. The van der Waals surface area contributed by atoms with Crippen LogP contribution in [0.3, 0.4) is 0 Å². The number of aromatic nitrogens is 4. The quantitative estimate of drug-likeness (QED) is 0.473. The number of imidazole rings is 1. The maximum absolute atomic E-state index is 14.5. The molecule has 34 heavy (non-hydrogen) atoms. The first kappa shape index (κ1) is 21.0. The normalized spacial score (nSPS) is 16.9. The van der Waals surface area contributed by atoms with Gasteiger partial charge >= 0.3 is 0 Å². The monoisotopic (exact) mass is 459 g/mol. The second-order valence-corrected chi connectivity index (χ2v) is 9.27. The first-order valence-electron chi connectivity index (χ1n) is 11.8. The van der Waals surface area contributed by atoms with Crippen LogP contribution in [0.1, 0.15) is 41.7 Å². The SMILES string of the molecule is Cc1cn2cc(NC(=O)c3ccc(N4CCC(NC5CC5)CC4)c4ccnnc34)cc(F)c2n1. The summed E-state index contributed by atoms with van der Waals surface area (Å²) < 4.78 is 16.0. The molecule has 2 fully saturated rings. The lowest BCUT2D eigenvalue weighted by Crippen LogP contribution is -2.43. The lowest BCUT2D eigenvalue weighted by atomic mass is 10.0. The number of fused-ring (bicyclic) bond motifs is 2. The number of nitrogens with one attached hydrogen (secondary N) is 2. The van der Waals surface area contributed by atoms with E-state index in [0.29, 0.717) is 28.5 Å². The highest BCUT2D eigenvalue weighted by Crippen LogP contribution is 2.31. The summed E-state index contributed by atoms with van der Waals surface area (Å²) in [5.74, 6) is -0.856. The number of carbonyl (C=O) groups is 1. The number of piperidine rings is 1. The van der Waals surface area contributed by atoms with Crippen LogP contribution in [0.25, 0.3) is 16.6 Å². The average Bonchev–Trinajstić information content (AvgIpc) is 3.57. The lowest BCUT2D eigenvalue weighted by molar-refractivity contribution is 0.102. The van der Waals surface area contributed by atoms with Gasteiger partial charge in [-0.1, -0.05) is 0 Å². The Hall–Kier alpha value is -3.59. The number of pyridine rings is 1. The van der Waals surface area contributed by atoms with Gasteiger partial charge in [-0.2, -0.15) is 5.10 Å². The predicted octanol–water partition coefficient (Wildman–Crippen LogP) is 3.70. The first-order chi connectivity index (χ1) is 16.5. The van der Waals surface area contributed by atoms with Crippen LogP contribution in [0.15, 0.2) is 42.9 Å². The van der Waals surface area contributed by atoms with E-state index in [1.54, 1.807) is 36.0 Å². The number of benzene rings is 1. The van der Waals surface area contributed by atoms with Gasteiger partial charge in [-0.3, -0.25) is 4.79 Å². The van der Waals surface area contributed by atoms with Crippen LogP contribution in [0, 0.1) is 12.7 Å². The van der Waals surface area contributed by atoms with Gasteiger partial charge < -0.3 is 19.9 Å². The number of hydrogen-bond donors (Lipinski definition) is 2. The number of carbonyl (C=O) groups excluding carboxylic acids is 1. The fourth-order valence-corrected chi connectivity index (χ4v) is 4.84. The van der Waals surface area contributed by atoms with E-state index in [0.717, 1.165) is 43.0 Å². The summed E-state index contributed by atoms with van der Waals surface area (Å²) in [6, 6.07) is 8.25. The molecule has 1 aliphatic carbocycles. The number of halogens is 1. The van der Waals surface area contributed by atoms with Crippen molar-refractivity contribution in [1.29, 1.82) is 0 Å². The minimum atomic E-state index is -0.495. The maximum Gasteiger partial charge on any atom is 0.257 e. The molecule has 9 heteroatoms. The van der Waals surface area contributed by atoms with Gasteiger partial charge in [0.2, 0.25) is 0 Å². The van der Waals surface area contributed by atoms with Crippen molar-refractivity contribution in [2.45, 2.75) is 44.7 Å². The summed E-state index contributed by atoms with van der Waals surface area (Å²) in [5, 5.41) is 15.7. The zero-order chi connectivity index (χ0) is 23.2. The number of nitrogens with zero attached hydrogens (tertiary/aromatic N) is 5. The largest absolute Gasteiger partial charge is 0.371 e. The summed E-state index contributed by atoms with van der Waals surface area (Å²) in [4.78, 5) is 19.7. The molecule has 4 aromatic rings. The standard InChI is InChI=1S/C25H26FN7O/c1-15-13-33-14-18(12-21(26)24(33)28-15)30-25(34)20-4-5-22(19-6-9-27-31-23(19)20)32-10-7-17(8-11-32)29-16-2-3-16/h4-6,9,12-14,16-17,29H,2-3,7-8,10-11H2,1H3,(H,30,34). The van der Waals surface area contributed by atoms with Crippen molar-refractivity contribution in [1.82, 2.24) is 24.9 Å². The molecule has 1 saturated heterocycles. The Morgan fingerprint density at radius 1 is 1.09 bits per heavy atom. The fraction of sp³-hybridized carbons (Fsp3) is 0.360. The molecule has 4 heterocycles. The number of rotatable bonds is 5. The molecule has 1 aliphatic heterocycles. The second-order valence-electron chi connectivity index (χ2n) is 9.27. The van der Waals surface area contributed by atoms with E-state index in [1.807, 2.05) is 12.1 Å². The molecule has 2 N–H and O–H groups in total. The highest BCUT2D eigenvalue weighted by Gasteiger charge is 2.28. The Kier molecular flexibility index (Phi) is 5.13. The van der Waals surface area contributed by atoms with Crippen LogP contribution in [-0.4, -0.2) is 50.7 Å². The molecule has 174 valence electrons. The van der Waals surface area contributed by atoms with E-state index in [1.165, 1.54) is 18.9 Å². The number of aryl methyl sites for hydroxylation is 1. The predicted molar refractivity (Wildman–Crippen MR) is 129 cm³/mol. The Bertz CT molecular complexity index is 1390. The number of hydrogen-bond acceptors (Lipinski definition) is 6. The molecule has 0 radical (unpaired) electrons. The van der Waals surface area contributed by atoms with Crippen LogP contribution in [0.5, 0.6) is 0 Å². The molecular formula is C25H26FN7O. The molecule has 1 aromatic carbocycles. The molecule has 0 bridgehead atoms. The maximum atomic E-state index is 14.5. The van der Waals surface area contributed by atoms with Crippen LogP contribution in [-0.2, 0) is 0 Å². The van der Waals surface area contributed by atoms with Gasteiger partial charge in [-0.25, -0.2) is 9.37 Å². The van der Waals surface area contributed by atoms with Gasteiger partial charge in [-0.05, 0) is 50.8 Å². The summed E-state index contributed by atoms with van der Waals surface area (Å²) in [7, 11) is 0. The van der Waals surface area contributed by atoms with Gasteiger partial charge in [-0.15, -0.1) is 5.10 Å². The van der Waals surface area contributed by atoms with E-state index in [4.69, 9.17) is 0 Å². The molecule has 0 unspecified atom stereocenters. The van der Waals surface area contributed by atoms with Crippen LogP contribution in [0.2, 0.25) is 0 Å². The first-order valence-corrected chi connectivity index (χ1v) is 11.8. The molecule has 0 spiro atoms. The Labute approximate surface area is 196 Å². The van der Waals surface area contributed by atoms with Crippen molar-refractivity contribution in [3.63, 3.8) is 0 Å². The molecule has 2 aliphatic rings. The van der Waals surface area contributed by atoms with Crippen molar-refractivity contribution in [3.05, 3.63) is 59.9 Å². The molecule has 3 aromatic heterocycles. The van der Waals surface area contributed by atoms with Gasteiger partial charge in [0.05, 0.1) is 23.1 Å². The number of anilines is 2. The molecule has 8 nitrogen and oxygen atoms in total. The van der Waals surface area contributed by atoms with E-state index >= 15 is 0 Å². The van der Waals surface area contributed by atoms with E-state index in [-0.39, 0.29) is 11.6 Å². The van der Waals surface area contributed by atoms with E-state index in [2.05, 4.69) is 30.7 Å². The van der Waals surface area contributed by atoms with Gasteiger partial charge in [0, 0.05) is 54.7 Å². The van der Waals surface area contributed by atoms with E-state index in [9.17, 15) is 9.18 Å². The van der Waals surface area contributed by atoms with Gasteiger partial charge in [0.15, 0.2) is 11.5 Å². The van der Waals surface area contributed by atoms with Crippen LogP contribution >= 0.6 is 0 Å². The topological polar surface area (TPSA) is 87.5 Å². The minimum absolute atomic E-state index is 0.229. The second kappa shape index (κ2) is 8.32. The summed E-state index contributed by atoms with van der Waals surface area (Å²) in [6.07, 6.45) is 9.82. The van der Waals surface area contributed by atoms with Crippen molar-refractivity contribution in [2.24, 2.45) is 0 Å². The zero-order valence-corrected chi connectivity index (χ0v) is 19.0. The van der Waals surface area contributed by atoms with Gasteiger partial charge in [0.25, 0.3) is 5.91 Å². The number of amides is 1. The van der Waals surface area contributed by atoms with E-state index < -0.39 is 5.82 Å². The Morgan fingerprint density at radius 3 is 2.68 bits per heavy atom. The molecule has 1 amide bonds. The highest BCUT2D eigenvalue weighted by atomic mass is 19.1. The van der Waals surface area contributed by atoms with Gasteiger partial charge in [0.1, 0.15) is 5.52 Å². The zero-order valence-electron chi connectivity index (χ0n) is 19.0. The molecular weight excluding hydrogens is 433 g/mol. The van der Waals surface area contributed by atoms with Crippen molar-refractivity contribution in [3.8, 4) is 0 Å². The Balaban J connectivity index is 1.26. The minimum Gasteiger partial charge on any atom is -0.371 e. The lowest BCUT2D eigenvalue weighted by Gasteiger charge is -2.34. The summed E-state index contributed by atoms with van der Waals surface area (Å²) >= 11 is 0. The third-order valence-electron chi connectivity index (χ3n) is 6.67. The molecule has 1 saturated carbocycles. The third kappa shape index (κ3) is 3.96. The van der Waals surface area contributed by atoms with Crippen molar-refractivity contribution >= 4 is 33.8 Å². The summed E-state index contributed by atoms with van der Waals surface area (Å²) in [5.41, 5.74) is 3.28.